The van der Waals surface area contributed by atoms with Gasteiger partial charge in [-0.15, -0.1) is 10.2 Å². The molecule has 4 rings (SSSR count). The van der Waals surface area contributed by atoms with Gasteiger partial charge in [0, 0.05) is 32.4 Å². The molecule has 124 valence electrons. The predicted octanol–water partition coefficient (Wildman–Crippen LogP) is 1.17. The molecular weight excluding hydrogens is 304 g/mol. The monoisotopic (exact) mass is 324 g/mol. The van der Waals surface area contributed by atoms with Crippen LogP contribution in [0.3, 0.4) is 0 Å². The highest BCUT2D eigenvalue weighted by atomic mass is 15.4. The van der Waals surface area contributed by atoms with Gasteiger partial charge in [-0.2, -0.15) is 9.61 Å². The van der Waals surface area contributed by atoms with E-state index in [0.717, 1.165) is 60.4 Å². The van der Waals surface area contributed by atoms with Crippen LogP contribution in [0.25, 0.3) is 5.65 Å². The van der Waals surface area contributed by atoms with Crippen molar-refractivity contribution in [3.63, 3.8) is 0 Å². The van der Waals surface area contributed by atoms with E-state index >= 15 is 0 Å². The first-order valence-electron chi connectivity index (χ1n) is 8.09. The maximum Gasteiger partial charge on any atom is 0.200 e. The lowest BCUT2D eigenvalue weighted by Gasteiger charge is -2.37. The van der Waals surface area contributed by atoms with Gasteiger partial charge in [0.1, 0.15) is 12.1 Å². The lowest BCUT2D eigenvalue weighted by molar-refractivity contribution is 0.642. The first-order valence-corrected chi connectivity index (χ1v) is 8.09. The quantitative estimate of drug-likeness (QED) is 0.700. The van der Waals surface area contributed by atoms with Crippen LogP contribution < -0.4 is 9.80 Å². The highest BCUT2D eigenvalue weighted by Crippen LogP contribution is 2.24. The number of rotatable bonds is 2. The molecule has 24 heavy (non-hydrogen) atoms. The van der Waals surface area contributed by atoms with Crippen LogP contribution in [0.5, 0.6) is 0 Å². The molecule has 1 aliphatic heterocycles. The van der Waals surface area contributed by atoms with Crippen molar-refractivity contribution in [2.75, 3.05) is 36.0 Å². The SMILES string of the molecule is Cc1cnc(C)c(N2CCN(c3cc(C)nn4cnnc34)CC2)n1. The fourth-order valence-corrected chi connectivity index (χ4v) is 3.15. The van der Waals surface area contributed by atoms with Gasteiger partial charge in [-0.25, -0.2) is 4.98 Å². The maximum absolute atomic E-state index is 4.66. The molecule has 8 heteroatoms. The third kappa shape index (κ3) is 2.53. The number of aromatic nitrogens is 6. The Labute approximate surface area is 140 Å². The van der Waals surface area contributed by atoms with Crippen LogP contribution >= 0.6 is 0 Å². The van der Waals surface area contributed by atoms with Crippen molar-refractivity contribution in [1.29, 1.82) is 0 Å². The topological polar surface area (TPSA) is 75.3 Å². The Hall–Kier alpha value is -2.77. The average Bonchev–Trinajstić information content (AvgIpc) is 3.05. The Morgan fingerprint density at radius 3 is 2.50 bits per heavy atom. The van der Waals surface area contributed by atoms with Gasteiger partial charge in [0.05, 0.1) is 22.8 Å². The molecule has 4 heterocycles. The Balaban J connectivity index is 1.57. The molecule has 0 aromatic carbocycles. The summed E-state index contributed by atoms with van der Waals surface area (Å²) < 4.78 is 1.74. The smallest absolute Gasteiger partial charge is 0.200 e. The van der Waals surface area contributed by atoms with E-state index in [9.17, 15) is 0 Å². The zero-order chi connectivity index (χ0) is 16.7. The Kier molecular flexibility index (Phi) is 3.51. The van der Waals surface area contributed by atoms with Crippen LogP contribution in [-0.2, 0) is 0 Å². The number of nitrogens with zero attached hydrogens (tertiary/aromatic N) is 8. The first-order chi connectivity index (χ1) is 11.6. The van der Waals surface area contributed by atoms with Gasteiger partial charge in [-0.3, -0.25) is 4.98 Å². The van der Waals surface area contributed by atoms with E-state index in [1.54, 1.807) is 10.8 Å². The molecule has 1 saturated heterocycles. The van der Waals surface area contributed by atoms with Gasteiger partial charge < -0.3 is 9.80 Å². The highest BCUT2D eigenvalue weighted by Gasteiger charge is 2.22. The Morgan fingerprint density at radius 1 is 0.958 bits per heavy atom. The number of fused-ring (bicyclic) bond motifs is 1. The zero-order valence-corrected chi connectivity index (χ0v) is 14.1. The van der Waals surface area contributed by atoms with Gasteiger partial charge in [-0.05, 0) is 26.8 Å². The number of piperazine rings is 1. The van der Waals surface area contributed by atoms with E-state index in [0.29, 0.717) is 0 Å². The van der Waals surface area contributed by atoms with Crippen molar-refractivity contribution >= 4 is 17.2 Å². The molecule has 0 amide bonds. The van der Waals surface area contributed by atoms with E-state index < -0.39 is 0 Å². The fraction of sp³-hybridized carbons (Fsp3) is 0.438. The number of aryl methyl sites for hydroxylation is 3. The van der Waals surface area contributed by atoms with Gasteiger partial charge in [-0.1, -0.05) is 0 Å². The Bertz CT molecular complexity index is 879. The molecule has 8 nitrogen and oxygen atoms in total. The number of hydrogen-bond acceptors (Lipinski definition) is 7. The molecule has 0 saturated carbocycles. The summed E-state index contributed by atoms with van der Waals surface area (Å²) in [6, 6.07) is 2.08. The molecule has 0 unspecified atom stereocenters. The summed E-state index contributed by atoms with van der Waals surface area (Å²) in [5.41, 5.74) is 4.79. The van der Waals surface area contributed by atoms with Crippen molar-refractivity contribution in [1.82, 2.24) is 29.8 Å². The molecule has 0 radical (unpaired) electrons. The molecule has 3 aromatic heterocycles. The third-order valence-corrected chi connectivity index (χ3v) is 4.34. The fourth-order valence-electron chi connectivity index (χ4n) is 3.15. The van der Waals surface area contributed by atoms with Crippen molar-refractivity contribution < 1.29 is 0 Å². The minimum Gasteiger partial charge on any atom is -0.365 e. The van der Waals surface area contributed by atoms with E-state index in [-0.39, 0.29) is 0 Å². The lowest BCUT2D eigenvalue weighted by atomic mass is 10.2. The summed E-state index contributed by atoms with van der Waals surface area (Å²) in [6.07, 6.45) is 3.46. The molecule has 0 spiro atoms. The predicted molar refractivity (Wildman–Crippen MR) is 91.5 cm³/mol. The minimum absolute atomic E-state index is 0.806. The minimum atomic E-state index is 0.806. The summed E-state index contributed by atoms with van der Waals surface area (Å²) in [5.74, 6) is 0.994. The second-order valence-electron chi connectivity index (χ2n) is 6.16. The third-order valence-electron chi connectivity index (χ3n) is 4.34. The summed E-state index contributed by atoms with van der Waals surface area (Å²) in [6.45, 7) is 9.60. The van der Waals surface area contributed by atoms with Crippen molar-refractivity contribution in [3.8, 4) is 0 Å². The maximum atomic E-state index is 4.66. The summed E-state index contributed by atoms with van der Waals surface area (Å²) in [5, 5.41) is 12.6. The van der Waals surface area contributed by atoms with Crippen LogP contribution in [0.15, 0.2) is 18.6 Å². The number of anilines is 2. The second kappa shape index (κ2) is 5.70. The molecule has 1 fully saturated rings. The van der Waals surface area contributed by atoms with Crippen LogP contribution in [-0.4, -0.2) is 56.0 Å². The standard InChI is InChI=1S/C16H20N8/c1-11-8-14(16-20-18-10-24(16)21-11)22-4-6-23(7-5-22)15-13(3)17-9-12(2)19-15/h8-10H,4-7H2,1-3H3. The van der Waals surface area contributed by atoms with Crippen LogP contribution in [0.4, 0.5) is 11.5 Å². The first kappa shape index (κ1) is 14.8. The number of hydrogen-bond donors (Lipinski definition) is 0. The van der Waals surface area contributed by atoms with Crippen LogP contribution in [0, 0.1) is 20.8 Å². The summed E-state index contributed by atoms with van der Waals surface area (Å²) in [7, 11) is 0. The van der Waals surface area contributed by atoms with Gasteiger partial charge in [0.25, 0.3) is 0 Å². The molecule has 3 aromatic rings. The van der Waals surface area contributed by atoms with Crippen LogP contribution in [0.1, 0.15) is 17.1 Å². The average molecular weight is 324 g/mol. The summed E-state index contributed by atoms with van der Waals surface area (Å²) >= 11 is 0. The molecular formula is C16H20N8. The second-order valence-corrected chi connectivity index (χ2v) is 6.16. The molecule has 0 aliphatic carbocycles. The van der Waals surface area contributed by atoms with Crippen LogP contribution in [0.2, 0.25) is 0 Å². The van der Waals surface area contributed by atoms with E-state index in [4.69, 9.17) is 0 Å². The lowest BCUT2D eigenvalue weighted by Crippen LogP contribution is -2.47. The molecule has 0 atom stereocenters. The van der Waals surface area contributed by atoms with E-state index in [1.807, 2.05) is 27.0 Å². The molecule has 0 N–H and O–H groups in total. The molecule has 0 bridgehead atoms. The molecule has 1 aliphatic rings. The van der Waals surface area contributed by atoms with E-state index in [2.05, 4.69) is 41.1 Å². The van der Waals surface area contributed by atoms with Gasteiger partial charge in [0.15, 0.2) is 0 Å². The Morgan fingerprint density at radius 2 is 1.71 bits per heavy atom. The van der Waals surface area contributed by atoms with Crippen molar-refractivity contribution in [3.05, 3.63) is 35.7 Å². The van der Waals surface area contributed by atoms with Crippen molar-refractivity contribution in [2.24, 2.45) is 0 Å². The normalized spacial score (nSPS) is 15.3. The van der Waals surface area contributed by atoms with Gasteiger partial charge >= 0.3 is 0 Å². The summed E-state index contributed by atoms with van der Waals surface area (Å²) in [4.78, 5) is 13.7. The van der Waals surface area contributed by atoms with E-state index in [1.165, 1.54) is 0 Å². The van der Waals surface area contributed by atoms with Crippen molar-refractivity contribution in [2.45, 2.75) is 20.8 Å². The van der Waals surface area contributed by atoms with Gasteiger partial charge in [0.2, 0.25) is 5.65 Å². The zero-order valence-electron chi connectivity index (χ0n) is 14.1. The highest BCUT2D eigenvalue weighted by molar-refractivity contribution is 5.68. The largest absolute Gasteiger partial charge is 0.365 e.